The number of halogens is 1. The van der Waals surface area contributed by atoms with Crippen LogP contribution in [0.15, 0.2) is 24.3 Å². The molecular formula is C12H9FN2O2. The lowest BCUT2D eigenvalue weighted by atomic mass is 10.1. The van der Waals surface area contributed by atoms with Gasteiger partial charge in [-0.15, -0.1) is 0 Å². The molecular weight excluding hydrogens is 223 g/mol. The summed E-state index contributed by atoms with van der Waals surface area (Å²) in [7, 11) is 1.49. The molecule has 1 aromatic carbocycles. The molecule has 2 rings (SSSR count). The smallest absolute Gasteiger partial charge is 0.216 e. The van der Waals surface area contributed by atoms with Crippen molar-refractivity contribution >= 4 is 10.9 Å². The van der Waals surface area contributed by atoms with Crippen LogP contribution >= 0.6 is 0 Å². The molecule has 0 N–H and O–H groups in total. The lowest BCUT2D eigenvalue weighted by Gasteiger charge is -2.06. The van der Waals surface area contributed by atoms with E-state index in [4.69, 9.17) is 14.7 Å². The summed E-state index contributed by atoms with van der Waals surface area (Å²) in [4.78, 5) is 4.08. The highest BCUT2D eigenvalue weighted by molar-refractivity contribution is 5.85. The normalized spacial score (nSPS) is 10.2. The van der Waals surface area contributed by atoms with Crippen molar-refractivity contribution in [2.24, 2.45) is 0 Å². The Hall–Kier alpha value is -2.19. The Bertz CT molecular complexity index is 593. The van der Waals surface area contributed by atoms with E-state index in [1.807, 2.05) is 6.07 Å². The Balaban J connectivity index is 2.55. The summed E-state index contributed by atoms with van der Waals surface area (Å²) in [6, 6.07) is 7.67. The quantitative estimate of drug-likeness (QED) is 0.761. The van der Waals surface area contributed by atoms with Crippen LogP contribution in [0.5, 0.6) is 5.88 Å². The Kier molecular flexibility index (Phi) is 3.17. The van der Waals surface area contributed by atoms with Crippen LogP contribution in [0.25, 0.3) is 10.9 Å². The Morgan fingerprint density at radius 3 is 2.88 bits per heavy atom. The van der Waals surface area contributed by atoms with Gasteiger partial charge in [0.15, 0.2) is 6.79 Å². The maximum atomic E-state index is 13.5. The standard InChI is InChI=1S/C12H9FN2O2/c1-16-7-17-11-5-3-9-10(13)4-2-8(6-14)12(9)15-11/h2-5H,7H2,1H3. The number of nitriles is 1. The van der Waals surface area contributed by atoms with E-state index in [0.717, 1.165) is 0 Å². The largest absolute Gasteiger partial charge is 0.451 e. The highest BCUT2D eigenvalue weighted by Gasteiger charge is 2.08. The molecule has 0 bridgehead atoms. The minimum atomic E-state index is -0.412. The van der Waals surface area contributed by atoms with Gasteiger partial charge in [0.1, 0.15) is 11.9 Å². The molecule has 0 aliphatic carbocycles. The summed E-state index contributed by atoms with van der Waals surface area (Å²) in [5.41, 5.74) is 0.602. The van der Waals surface area contributed by atoms with E-state index >= 15 is 0 Å². The average molecular weight is 232 g/mol. The van der Waals surface area contributed by atoms with E-state index in [2.05, 4.69) is 4.98 Å². The van der Waals surface area contributed by atoms with Crippen molar-refractivity contribution in [3.63, 3.8) is 0 Å². The number of fused-ring (bicyclic) bond motifs is 1. The maximum Gasteiger partial charge on any atom is 0.216 e. The molecule has 2 aromatic rings. The summed E-state index contributed by atoms with van der Waals surface area (Å²) in [6.07, 6.45) is 0. The first-order valence-corrected chi connectivity index (χ1v) is 4.87. The van der Waals surface area contributed by atoms with Gasteiger partial charge in [0.25, 0.3) is 0 Å². The van der Waals surface area contributed by atoms with Crippen LogP contribution in [0, 0.1) is 17.1 Å². The number of nitrogens with zero attached hydrogens (tertiary/aromatic N) is 2. The van der Waals surface area contributed by atoms with Gasteiger partial charge in [-0.1, -0.05) is 0 Å². The Labute approximate surface area is 97.2 Å². The van der Waals surface area contributed by atoms with E-state index in [1.165, 1.54) is 31.4 Å². The summed E-state index contributed by atoms with van der Waals surface area (Å²) < 4.78 is 23.3. The van der Waals surface area contributed by atoms with Crippen molar-refractivity contribution in [3.05, 3.63) is 35.6 Å². The monoisotopic (exact) mass is 232 g/mol. The van der Waals surface area contributed by atoms with Crippen LogP contribution in [-0.4, -0.2) is 18.9 Å². The predicted octanol–water partition coefficient (Wildman–Crippen LogP) is 2.23. The third-order valence-corrected chi connectivity index (χ3v) is 2.22. The van der Waals surface area contributed by atoms with Gasteiger partial charge in [0.2, 0.25) is 5.88 Å². The van der Waals surface area contributed by atoms with Crippen molar-refractivity contribution < 1.29 is 13.9 Å². The zero-order chi connectivity index (χ0) is 12.3. The number of benzene rings is 1. The highest BCUT2D eigenvalue weighted by Crippen LogP contribution is 2.22. The third-order valence-electron chi connectivity index (χ3n) is 2.22. The van der Waals surface area contributed by atoms with Gasteiger partial charge >= 0.3 is 0 Å². The van der Waals surface area contributed by atoms with Crippen LogP contribution in [-0.2, 0) is 4.74 Å². The van der Waals surface area contributed by atoms with Gasteiger partial charge in [0, 0.05) is 18.6 Å². The SMILES string of the molecule is COCOc1ccc2c(F)ccc(C#N)c2n1. The summed E-state index contributed by atoms with van der Waals surface area (Å²) >= 11 is 0. The lowest BCUT2D eigenvalue weighted by Crippen LogP contribution is -2.01. The summed E-state index contributed by atoms with van der Waals surface area (Å²) in [5.74, 6) is -0.119. The molecule has 0 aliphatic heterocycles. The highest BCUT2D eigenvalue weighted by atomic mass is 19.1. The molecule has 0 saturated heterocycles. The fraction of sp³-hybridized carbons (Fsp3) is 0.167. The van der Waals surface area contributed by atoms with Gasteiger partial charge in [-0.25, -0.2) is 9.37 Å². The second-order valence-corrected chi connectivity index (χ2v) is 3.30. The second kappa shape index (κ2) is 4.76. The van der Waals surface area contributed by atoms with Crippen LogP contribution in [0.4, 0.5) is 4.39 Å². The summed E-state index contributed by atoms with van der Waals surface area (Å²) in [6.45, 7) is 0.0513. The van der Waals surface area contributed by atoms with E-state index in [1.54, 1.807) is 0 Å². The molecule has 1 aromatic heterocycles. The minimum Gasteiger partial charge on any atom is -0.451 e. The fourth-order valence-electron chi connectivity index (χ4n) is 1.45. The van der Waals surface area contributed by atoms with E-state index in [9.17, 15) is 4.39 Å². The molecule has 0 radical (unpaired) electrons. The van der Waals surface area contributed by atoms with Crippen molar-refractivity contribution in [2.45, 2.75) is 0 Å². The fourth-order valence-corrected chi connectivity index (χ4v) is 1.45. The molecule has 0 saturated carbocycles. The second-order valence-electron chi connectivity index (χ2n) is 3.30. The van der Waals surface area contributed by atoms with Crippen molar-refractivity contribution in [3.8, 4) is 11.9 Å². The molecule has 17 heavy (non-hydrogen) atoms. The van der Waals surface area contributed by atoms with Gasteiger partial charge in [-0.3, -0.25) is 0 Å². The van der Waals surface area contributed by atoms with E-state index in [-0.39, 0.29) is 6.79 Å². The minimum absolute atomic E-state index is 0.0513. The first-order valence-electron chi connectivity index (χ1n) is 4.87. The average Bonchev–Trinajstić information content (AvgIpc) is 2.37. The van der Waals surface area contributed by atoms with Gasteiger partial charge < -0.3 is 9.47 Å². The Morgan fingerprint density at radius 1 is 1.35 bits per heavy atom. The zero-order valence-electron chi connectivity index (χ0n) is 9.11. The number of pyridine rings is 1. The number of methoxy groups -OCH3 is 1. The third kappa shape index (κ3) is 2.17. The van der Waals surface area contributed by atoms with Gasteiger partial charge in [-0.2, -0.15) is 5.26 Å². The lowest BCUT2D eigenvalue weighted by molar-refractivity contribution is 0.0481. The first-order chi connectivity index (χ1) is 8.26. The van der Waals surface area contributed by atoms with Crippen LogP contribution in [0.1, 0.15) is 5.56 Å². The number of ether oxygens (including phenoxy) is 2. The summed E-state index contributed by atoms with van der Waals surface area (Å²) in [5, 5.41) is 9.22. The molecule has 86 valence electrons. The van der Waals surface area contributed by atoms with E-state index in [0.29, 0.717) is 22.3 Å². The van der Waals surface area contributed by atoms with Crippen molar-refractivity contribution in [1.82, 2.24) is 4.98 Å². The number of rotatable bonds is 3. The van der Waals surface area contributed by atoms with Crippen molar-refractivity contribution in [1.29, 1.82) is 5.26 Å². The molecule has 5 heteroatoms. The molecule has 1 heterocycles. The number of hydrogen-bond donors (Lipinski definition) is 0. The van der Waals surface area contributed by atoms with Gasteiger partial charge in [0.05, 0.1) is 11.1 Å². The molecule has 0 fully saturated rings. The van der Waals surface area contributed by atoms with Gasteiger partial charge in [-0.05, 0) is 18.2 Å². The molecule has 4 nitrogen and oxygen atoms in total. The van der Waals surface area contributed by atoms with Crippen LogP contribution in [0.3, 0.4) is 0 Å². The zero-order valence-corrected chi connectivity index (χ0v) is 9.11. The first kappa shape index (κ1) is 11.3. The molecule has 0 amide bonds. The van der Waals surface area contributed by atoms with Crippen LogP contribution in [0.2, 0.25) is 0 Å². The van der Waals surface area contributed by atoms with Crippen LogP contribution < -0.4 is 4.74 Å². The predicted molar refractivity (Wildman–Crippen MR) is 58.9 cm³/mol. The molecule has 0 spiro atoms. The number of aromatic nitrogens is 1. The number of hydrogen-bond acceptors (Lipinski definition) is 4. The topological polar surface area (TPSA) is 55.1 Å². The maximum absolute atomic E-state index is 13.5. The van der Waals surface area contributed by atoms with Crippen molar-refractivity contribution in [2.75, 3.05) is 13.9 Å². The molecule has 0 atom stereocenters. The van der Waals surface area contributed by atoms with E-state index < -0.39 is 5.82 Å². The molecule has 0 aliphatic rings. The molecule has 0 unspecified atom stereocenters. The Morgan fingerprint density at radius 2 is 2.18 bits per heavy atom.